The minimum absolute atomic E-state index is 0.0541. The summed E-state index contributed by atoms with van der Waals surface area (Å²) in [5.74, 6) is -3.43. The lowest BCUT2D eigenvalue weighted by molar-refractivity contribution is -0.271. The van der Waals surface area contributed by atoms with Gasteiger partial charge in [0.25, 0.3) is 0 Å². The second-order valence-electron chi connectivity index (χ2n) is 9.89. The topological polar surface area (TPSA) is 215 Å². The molecule has 1 aromatic carbocycles. The number of benzene rings is 1. The van der Waals surface area contributed by atoms with Gasteiger partial charge in [-0.15, -0.1) is 0 Å². The smallest absolute Gasteiger partial charge is 0.408 e. The molecular weight excluding hydrogens is 598 g/mol. The maximum Gasteiger partial charge on any atom is 0.408 e. The highest BCUT2D eigenvalue weighted by atomic mass is 16.7. The van der Waals surface area contributed by atoms with Crippen molar-refractivity contribution < 1.29 is 66.7 Å². The van der Waals surface area contributed by atoms with Crippen molar-refractivity contribution in [3.8, 4) is 5.75 Å². The Morgan fingerprint density at radius 1 is 0.956 bits per heavy atom. The Morgan fingerprint density at radius 2 is 1.60 bits per heavy atom. The first kappa shape index (κ1) is 36.4. The number of nitrogens with one attached hydrogen (secondary N) is 1. The van der Waals surface area contributed by atoms with E-state index in [0.717, 1.165) is 0 Å². The molecule has 0 unspecified atom stereocenters. The van der Waals surface area contributed by atoms with Gasteiger partial charge in [0.15, 0.2) is 6.10 Å². The largest absolute Gasteiger partial charge is 0.464 e. The number of Topliss-reactive ketones (excluding diaryl/α,β-unsaturated/α-hetero) is 1. The summed E-state index contributed by atoms with van der Waals surface area (Å²) in [5.41, 5.74) is 9.00. The van der Waals surface area contributed by atoms with Crippen molar-refractivity contribution in [1.82, 2.24) is 5.32 Å². The molecule has 1 N–H and O–H groups in total. The summed E-state index contributed by atoms with van der Waals surface area (Å²) in [5, 5.41) is 2.36. The molecule has 6 atom stereocenters. The standard InChI is InChI=1S/C29H37N3O13/c1-6-39-27(37)23(12-9-21(36)13-31-30)32-29(38)41-14-20-7-10-22(11-8-20)44-28-26(43-19(5)35)16(2)25(42-18(4)34)24(45-28)15-40-17(3)33/h7-8,10-11,13,16,23-26,28H,6,9,12,14-15H2,1-5H3,(H,32,38)/t16-,23-,24+,25+,26+,28-/m0/s1. The highest BCUT2D eigenvalue weighted by Gasteiger charge is 2.49. The third-order valence-electron chi connectivity index (χ3n) is 6.32. The van der Waals surface area contributed by atoms with Crippen LogP contribution in [0.5, 0.6) is 5.75 Å². The van der Waals surface area contributed by atoms with E-state index in [2.05, 4.69) is 10.1 Å². The third kappa shape index (κ3) is 12.4. The lowest BCUT2D eigenvalue weighted by atomic mass is 9.90. The normalized spacial score (nSPS) is 21.1. The van der Waals surface area contributed by atoms with Crippen molar-refractivity contribution in [3.63, 3.8) is 0 Å². The van der Waals surface area contributed by atoms with Crippen LogP contribution in [0.2, 0.25) is 0 Å². The summed E-state index contributed by atoms with van der Waals surface area (Å²) in [4.78, 5) is 73.8. The van der Waals surface area contributed by atoms with E-state index in [4.69, 9.17) is 38.7 Å². The Morgan fingerprint density at radius 3 is 2.18 bits per heavy atom. The number of hydrogen-bond acceptors (Lipinski definition) is 13. The number of nitrogens with zero attached hydrogens (tertiary/aromatic N) is 2. The zero-order valence-corrected chi connectivity index (χ0v) is 25.6. The molecule has 45 heavy (non-hydrogen) atoms. The first-order chi connectivity index (χ1) is 21.3. The fourth-order valence-corrected chi connectivity index (χ4v) is 4.30. The molecule has 2 rings (SSSR count). The van der Waals surface area contributed by atoms with E-state index >= 15 is 0 Å². The van der Waals surface area contributed by atoms with Gasteiger partial charge >= 0.3 is 36.2 Å². The van der Waals surface area contributed by atoms with Gasteiger partial charge < -0.3 is 44.0 Å². The van der Waals surface area contributed by atoms with Crippen LogP contribution in [0, 0.1) is 5.92 Å². The number of carbonyl (C=O) groups excluding carboxylic acids is 6. The summed E-state index contributed by atoms with van der Waals surface area (Å²) < 4.78 is 38.0. The maximum atomic E-state index is 12.4. The van der Waals surface area contributed by atoms with E-state index in [0.29, 0.717) is 11.8 Å². The molecule has 0 aromatic heterocycles. The number of esters is 4. The number of amides is 1. The number of rotatable bonds is 15. The SMILES string of the molecule is CCOC(=O)[C@H](CCC(=O)C=[N+]=[N-])NC(=O)OCc1ccc(O[C@H]2O[C@H](COC(C)=O)[C@H](OC(C)=O)[C@H](C)[C@H]2OC(C)=O)cc1. The molecule has 1 aromatic rings. The van der Waals surface area contributed by atoms with Crippen molar-refractivity contribution >= 4 is 42.0 Å². The number of ketones is 1. The number of alkyl carbamates (subject to hydrolysis) is 1. The van der Waals surface area contributed by atoms with E-state index in [-0.39, 0.29) is 38.4 Å². The average molecular weight is 636 g/mol. The Labute approximate surface area is 259 Å². The Balaban J connectivity index is 2.08. The van der Waals surface area contributed by atoms with Crippen molar-refractivity contribution in [3.05, 3.63) is 35.4 Å². The van der Waals surface area contributed by atoms with E-state index in [1.807, 2.05) is 0 Å². The molecule has 0 spiro atoms. The summed E-state index contributed by atoms with van der Waals surface area (Å²) in [6.07, 6.45) is -4.54. The predicted octanol–water partition coefficient (Wildman–Crippen LogP) is 1.66. The van der Waals surface area contributed by atoms with Gasteiger partial charge in [-0.1, -0.05) is 19.1 Å². The molecule has 16 heteroatoms. The number of carbonyl (C=O) groups is 6. The van der Waals surface area contributed by atoms with Crippen LogP contribution in [-0.4, -0.2) is 90.6 Å². The van der Waals surface area contributed by atoms with Gasteiger partial charge in [-0.3, -0.25) is 19.2 Å². The first-order valence-corrected chi connectivity index (χ1v) is 14.0. The average Bonchev–Trinajstić information content (AvgIpc) is 2.97. The van der Waals surface area contributed by atoms with Crippen LogP contribution < -0.4 is 10.1 Å². The van der Waals surface area contributed by atoms with Gasteiger partial charge in [0.05, 0.1) is 6.61 Å². The summed E-state index contributed by atoms with van der Waals surface area (Å²) in [7, 11) is 0. The minimum Gasteiger partial charge on any atom is -0.464 e. The molecule has 0 radical (unpaired) electrons. The molecular formula is C29H37N3O13. The molecule has 1 fully saturated rings. The van der Waals surface area contributed by atoms with Crippen LogP contribution in [0.4, 0.5) is 4.79 Å². The summed E-state index contributed by atoms with van der Waals surface area (Å²) in [6.45, 7) is 6.52. The van der Waals surface area contributed by atoms with Crippen molar-refractivity contribution in [2.45, 2.75) is 84.7 Å². The van der Waals surface area contributed by atoms with Gasteiger partial charge in [0.1, 0.15) is 37.2 Å². The van der Waals surface area contributed by atoms with Crippen LogP contribution in [0.1, 0.15) is 53.0 Å². The molecule has 16 nitrogen and oxygen atoms in total. The first-order valence-electron chi connectivity index (χ1n) is 14.0. The van der Waals surface area contributed by atoms with E-state index < -0.39 is 72.3 Å². The third-order valence-corrected chi connectivity index (χ3v) is 6.32. The maximum absolute atomic E-state index is 12.4. The quantitative estimate of drug-likeness (QED) is 0.0955. The minimum atomic E-state index is -1.17. The summed E-state index contributed by atoms with van der Waals surface area (Å²) >= 11 is 0. The zero-order valence-electron chi connectivity index (χ0n) is 25.6. The van der Waals surface area contributed by atoms with Gasteiger partial charge in [-0.05, 0) is 31.0 Å². The lowest BCUT2D eigenvalue weighted by Crippen LogP contribution is -2.58. The van der Waals surface area contributed by atoms with E-state index in [1.165, 1.54) is 20.8 Å². The van der Waals surface area contributed by atoms with Crippen LogP contribution in [0.25, 0.3) is 5.53 Å². The van der Waals surface area contributed by atoms with E-state index in [9.17, 15) is 28.8 Å². The van der Waals surface area contributed by atoms with Crippen LogP contribution in [0.15, 0.2) is 24.3 Å². The van der Waals surface area contributed by atoms with Gasteiger partial charge in [-0.25, -0.2) is 9.59 Å². The molecule has 1 aliphatic heterocycles. The van der Waals surface area contributed by atoms with E-state index in [1.54, 1.807) is 38.1 Å². The molecule has 0 aliphatic carbocycles. The van der Waals surface area contributed by atoms with Gasteiger partial charge in [0, 0.05) is 33.1 Å². The monoisotopic (exact) mass is 635 g/mol. The highest BCUT2D eigenvalue weighted by Crippen LogP contribution is 2.32. The van der Waals surface area contributed by atoms with Crippen molar-refractivity contribution in [1.29, 1.82) is 0 Å². The van der Waals surface area contributed by atoms with Crippen LogP contribution in [0.3, 0.4) is 0 Å². The second-order valence-corrected chi connectivity index (χ2v) is 9.89. The molecule has 1 amide bonds. The van der Waals surface area contributed by atoms with Crippen molar-refractivity contribution in [2.75, 3.05) is 13.2 Å². The van der Waals surface area contributed by atoms with Crippen LogP contribution in [-0.2, 0) is 59.0 Å². The fourth-order valence-electron chi connectivity index (χ4n) is 4.30. The highest BCUT2D eigenvalue weighted by molar-refractivity contribution is 6.25. The molecule has 1 saturated heterocycles. The Bertz CT molecular complexity index is 1260. The Kier molecular flexibility index (Phi) is 14.6. The molecule has 0 saturated carbocycles. The fraction of sp³-hybridized carbons (Fsp3) is 0.552. The number of hydrogen-bond donors (Lipinski definition) is 1. The number of ether oxygens (including phenoxy) is 7. The Hall–Kier alpha value is -4.82. The van der Waals surface area contributed by atoms with Gasteiger partial charge in [-0.2, -0.15) is 4.79 Å². The molecule has 1 aliphatic rings. The predicted molar refractivity (Wildman–Crippen MR) is 150 cm³/mol. The second kappa shape index (κ2) is 18.1. The molecule has 0 bridgehead atoms. The zero-order chi connectivity index (χ0) is 33.5. The van der Waals surface area contributed by atoms with Crippen LogP contribution >= 0.6 is 0 Å². The van der Waals surface area contributed by atoms with Crippen molar-refractivity contribution in [2.24, 2.45) is 5.92 Å². The molecule has 1 heterocycles. The summed E-state index contributed by atoms with van der Waals surface area (Å²) in [6, 6.07) is 5.10. The van der Waals surface area contributed by atoms with Gasteiger partial charge in [0.2, 0.25) is 12.1 Å². The lowest BCUT2D eigenvalue weighted by Gasteiger charge is -2.43. The molecule has 246 valence electrons.